The molecule has 0 bridgehead atoms. The molecule has 0 spiro atoms. The van der Waals surface area contributed by atoms with Crippen LogP contribution in [0.2, 0.25) is 0 Å². The number of anilines is 1. The molecule has 0 radical (unpaired) electrons. The third-order valence-electron chi connectivity index (χ3n) is 3.48. The number of carbonyl (C=O) groups is 1. The Balaban J connectivity index is 2.02. The highest BCUT2D eigenvalue weighted by atomic mass is 79.9. The number of hydrogen-bond donors (Lipinski definition) is 2. The van der Waals surface area contributed by atoms with Crippen LogP contribution in [0, 0.1) is 0 Å². The minimum Gasteiger partial charge on any atom is -0.335 e. The SMILES string of the molecule is O=C(Nc1cc(C(F)(F)F)ccc1Br)NC1CCCCC1. The van der Waals surface area contributed by atoms with E-state index in [1.165, 1.54) is 12.5 Å². The average Bonchev–Trinajstić information content (AvgIpc) is 2.41. The lowest BCUT2D eigenvalue weighted by atomic mass is 9.96. The zero-order valence-corrected chi connectivity index (χ0v) is 12.9. The van der Waals surface area contributed by atoms with Gasteiger partial charge in [0.25, 0.3) is 0 Å². The van der Waals surface area contributed by atoms with Gasteiger partial charge in [-0.2, -0.15) is 13.2 Å². The minimum absolute atomic E-state index is 0.100. The third kappa shape index (κ3) is 4.62. The molecule has 1 fully saturated rings. The van der Waals surface area contributed by atoms with Crippen LogP contribution in [0.4, 0.5) is 23.7 Å². The number of alkyl halides is 3. The quantitative estimate of drug-likeness (QED) is 0.767. The number of halogens is 4. The van der Waals surface area contributed by atoms with Crippen molar-refractivity contribution < 1.29 is 18.0 Å². The zero-order valence-electron chi connectivity index (χ0n) is 11.3. The highest BCUT2D eigenvalue weighted by molar-refractivity contribution is 9.10. The maximum Gasteiger partial charge on any atom is 0.416 e. The van der Waals surface area contributed by atoms with Gasteiger partial charge in [-0.15, -0.1) is 0 Å². The summed E-state index contributed by atoms with van der Waals surface area (Å²) in [5, 5.41) is 5.27. The first-order chi connectivity index (χ1) is 9.86. The molecule has 0 saturated heterocycles. The fraction of sp³-hybridized carbons (Fsp3) is 0.500. The van der Waals surface area contributed by atoms with E-state index in [0.29, 0.717) is 4.47 Å². The first kappa shape index (κ1) is 16.1. The second-order valence-electron chi connectivity index (χ2n) is 5.13. The molecule has 3 nitrogen and oxygen atoms in total. The van der Waals surface area contributed by atoms with Gasteiger partial charge in [-0.05, 0) is 47.0 Å². The molecule has 0 heterocycles. The maximum absolute atomic E-state index is 12.7. The van der Waals surface area contributed by atoms with Crippen LogP contribution in [0.3, 0.4) is 0 Å². The van der Waals surface area contributed by atoms with Crippen molar-refractivity contribution in [2.45, 2.75) is 44.3 Å². The topological polar surface area (TPSA) is 41.1 Å². The summed E-state index contributed by atoms with van der Waals surface area (Å²) < 4.78 is 38.4. The Kier molecular flexibility index (Phi) is 5.13. The van der Waals surface area contributed by atoms with Crippen LogP contribution >= 0.6 is 15.9 Å². The number of benzene rings is 1. The molecule has 0 unspecified atom stereocenters. The second-order valence-corrected chi connectivity index (χ2v) is 5.98. The summed E-state index contributed by atoms with van der Waals surface area (Å²) in [5.74, 6) is 0. The molecule has 1 aromatic rings. The summed E-state index contributed by atoms with van der Waals surface area (Å²) in [5.41, 5.74) is -0.684. The molecule has 1 aliphatic rings. The Hall–Kier alpha value is -1.24. The van der Waals surface area contributed by atoms with Gasteiger partial charge in [0.05, 0.1) is 11.3 Å². The smallest absolute Gasteiger partial charge is 0.335 e. The third-order valence-corrected chi connectivity index (χ3v) is 4.17. The van der Waals surface area contributed by atoms with Crippen molar-refractivity contribution in [2.24, 2.45) is 0 Å². The Morgan fingerprint density at radius 3 is 2.48 bits per heavy atom. The van der Waals surface area contributed by atoms with E-state index >= 15 is 0 Å². The minimum atomic E-state index is -4.43. The van der Waals surface area contributed by atoms with Crippen molar-refractivity contribution in [3.63, 3.8) is 0 Å². The van der Waals surface area contributed by atoms with E-state index in [1.54, 1.807) is 0 Å². The number of hydrogen-bond acceptors (Lipinski definition) is 1. The molecule has 116 valence electrons. The van der Waals surface area contributed by atoms with Crippen molar-refractivity contribution in [3.8, 4) is 0 Å². The van der Waals surface area contributed by atoms with Gasteiger partial charge in [0, 0.05) is 10.5 Å². The van der Waals surface area contributed by atoms with Crippen LogP contribution < -0.4 is 10.6 Å². The maximum atomic E-state index is 12.7. The van der Waals surface area contributed by atoms with E-state index in [4.69, 9.17) is 0 Å². The summed E-state index contributed by atoms with van der Waals surface area (Å²) in [6.45, 7) is 0. The van der Waals surface area contributed by atoms with Crippen molar-refractivity contribution in [1.82, 2.24) is 5.32 Å². The summed E-state index contributed by atoms with van der Waals surface area (Å²) in [7, 11) is 0. The molecule has 1 saturated carbocycles. The Morgan fingerprint density at radius 1 is 1.19 bits per heavy atom. The van der Waals surface area contributed by atoms with E-state index < -0.39 is 17.8 Å². The summed E-state index contributed by atoms with van der Waals surface area (Å²) in [4.78, 5) is 11.9. The highest BCUT2D eigenvalue weighted by Crippen LogP contribution is 2.33. The Morgan fingerprint density at radius 2 is 1.86 bits per heavy atom. The predicted octanol–water partition coefficient (Wildman–Crippen LogP) is 4.92. The lowest BCUT2D eigenvalue weighted by Gasteiger charge is -2.23. The summed E-state index contributed by atoms with van der Waals surface area (Å²) >= 11 is 3.14. The van der Waals surface area contributed by atoms with Gasteiger partial charge in [0.1, 0.15) is 0 Å². The fourth-order valence-corrected chi connectivity index (χ4v) is 2.73. The molecule has 1 aromatic carbocycles. The van der Waals surface area contributed by atoms with E-state index in [9.17, 15) is 18.0 Å². The van der Waals surface area contributed by atoms with Crippen molar-refractivity contribution in [2.75, 3.05) is 5.32 Å². The van der Waals surface area contributed by atoms with Gasteiger partial charge < -0.3 is 10.6 Å². The van der Waals surface area contributed by atoms with Gasteiger partial charge in [-0.3, -0.25) is 0 Å². The van der Waals surface area contributed by atoms with Crippen molar-refractivity contribution in [1.29, 1.82) is 0 Å². The molecular formula is C14H16BrF3N2O. The van der Waals surface area contributed by atoms with Crippen LogP contribution in [0.5, 0.6) is 0 Å². The Labute approximate surface area is 129 Å². The molecule has 2 rings (SSSR count). The molecule has 0 aliphatic heterocycles. The standard InChI is InChI=1S/C14H16BrF3N2O/c15-11-7-6-9(14(16,17)18)8-12(11)20-13(21)19-10-4-2-1-3-5-10/h6-8,10H,1-5H2,(H2,19,20,21). The number of urea groups is 1. The molecule has 0 aromatic heterocycles. The lowest BCUT2D eigenvalue weighted by molar-refractivity contribution is -0.137. The lowest BCUT2D eigenvalue weighted by Crippen LogP contribution is -2.39. The molecule has 2 N–H and O–H groups in total. The summed E-state index contributed by atoms with van der Waals surface area (Å²) in [6, 6.07) is 2.79. The zero-order chi connectivity index (χ0) is 15.5. The average molecular weight is 365 g/mol. The molecule has 0 atom stereocenters. The first-order valence-electron chi connectivity index (χ1n) is 6.80. The van der Waals surface area contributed by atoms with Crippen molar-refractivity contribution in [3.05, 3.63) is 28.2 Å². The number of rotatable bonds is 2. The van der Waals surface area contributed by atoms with Crippen LogP contribution in [0.1, 0.15) is 37.7 Å². The predicted molar refractivity (Wildman–Crippen MR) is 78.2 cm³/mol. The van der Waals surface area contributed by atoms with Crippen molar-refractivity contribution >= 4 is 27.6 Å². The van der Waals surface area contributed by atoms with Crippen LogP contribution in [0.25, 0.3) is 0 Å². The highest BCUT2D eigenvalue weighted by Gasteiger charge is 2.31. The van der Waals surface area contributed by atoms with E-state index in [-0.39, 0.29) is 11.7 Å². The monoisotopic (exact) mass is 364 g/mol. The normalized spacial score (nSPS) is 16.6. The number of amides is 2. The van der Waals surface area contributed by atoms with Crippen LogP contribution in [-0.4, -0.2) is 12.1 Å². The second kappa shape index (κ2) is 6.68. The fourth-order valence-electron chi connectivity index (χ4n) is 2.39. The molecule has 2 amide bonds. The van der Waals surface area contributed by atoms with Crippen LogP contribution in [0.15, 0.2) is 22.7 Å². The van der Waals surface area contributed by atoms with Crippen LogP contribution in [-0.2, 0) is 6.18 Å². The molecule has 7 heteroatoms. The molecule has 1 aliphatic carbocycles. The van der Waals surface area contributed by atoms with E-state index in [1.807, 2.05) is 0 Å². The number of carbonyl (C=O) groups excluding carboxylic acids is 1. The number of nitrogens with one attached hydrogen (secondary N) is 2. The van der Waals surface area contributed by atoms with Gasteiger partial charge in [0.15, 0.2) is 0 Å². The largest absolute Gasteiger partial charge is 0.416 e. The molecular weight excluding hydrogens is 349 g/mol. The van der Waals surface area contributed by atoms with E-state index in [0.717, 1.165) is 37.8 Å². The van der Waals surface area contributed by atoms with Gasteiger partial charge >= 0.3 is 12.2 Å². The molecule has 21 heavy (non-hydrogen) atoms. The van der Waals surface area contributed by atoms with Gasteiger partial charge in [-0.1, -0.05) is 19.3 Å². The van der Waals surface area contributed by atoms with E-state index in [2.05, 4.69) is 26.6 Å². The summed E-state index contributed by atoms with van der Waals surface area (Å²) in [6.07, 6.45) is 0.695. The first-order valence-corrected chi connectivity index (χ1v) is 7.60. The van der Waals surface area contributed by atoms with Gasteiger partial charge in [0.2, 0.25) is 0 Å². The van der Waals surface area contributed by atoms with Gasteiger partial charge in [-0.25, -0.2) is 4.79 Å². The Bertz CT molecular complexity index is 513.